The van der Waals surface area contributed by atoms with Crippen molar-refractivity contribution in [1.29, 1.82) is 5.26 Å². The molecule has 0 aliphatic carbocycles. The third-order valence-electron chi connectivity index (χ3n) is 3.31. The van der Waals surface area contributed by atoms with Gasteiger partial charge in [-0.2, -0.15) is 10.4 Å². The summed E-state index contributed by atoms with van der Waals surface area (Å²) in [5.74, 6) is -0.234. The zero-order valence-electron chi connectivity index (χ0n) is 12.5. The van der Waals surface area contributed by atoms with Gasteiger partial charge >= 0.3 is 0 Å². The highest BCUT2D eigenvalue weighted by molar-refractivity contribution is 9.10. The zero-order chi connectivity index (χ0) is 16.1. The van der Waals surface area contributed by atoms with Crippen molar-refractivity contribution < 1.29 is 4.79 Å². The summed E-state index contributed by atoms with van der Waals surface area (Å²) in [6.45, 7) is 4.75. The molecule has 6 heteroatoms. The maximum Gasteiger partial charge on any atom is 0.253 e. The summed E-state index contributed by atoms with van der Waals surface area (Å²) in [6.07, 6.45) is 3.56. The number of nitriles is 1. The van der Waals surface area contributed by atoms with Gasteiger partial charge in [-0.25, -0.2) is 4.68 Å². The van der Waals surface area contributed by atoms with Crippen LogP contribution in [0.5, 0.6) is 0 Å². The standard InChI is InChI=1S/C16H17BrN4O/c1-3-20(10-12(2)8-18)16(22)13-4-6-15(7-5-13)21-11-14(17)9-19-21/h4-7,9,11-12H,3,10H2,1-2H3. The van der Waals surface area contributed by atoms with Crippen LogP contribution in [0.2, 0.25) is 0 Å². The van der Waals surface area contributed by atoms with Crippen LogP contribution in [0.1, 0.15) is 24.2 Å². The Bertz CT molecular complexity index is 687. The molecular weight excluding hydrogens is 344 g/mol. The zero-order valence-corrected chi connectivity index (χ0v) is 14.1. The molecule has 0 aliphatic rings. The highest BCUT2D eigenvalue weighted by Gasteiger charge is 2.16. The molecule has 1 aromatic heterocycles. The Labute approximate surface area is 138 Å². The molecule has 114 valence electrons. The van der Waals surface area contributed by atoms with Gasteiger partial charge in [0.25, 0.3) is 5.91 Å². The van der Waals surface area contributed by atoms with Crippen LogP contribution in [-0.4, -0.2) is 33.7 Å². The van der Waals surface area contributed by atoms with Crippen LogP contribution in [0.4, 0.5) is 0 Å². The van der Waals surface area contributed by atoms with Crippen molar-refractivity contribution in [1.82, 2.24) is 14.7 Å². The number of benzene rings is 1. The average molecular weight is 361 g/mol. The Hall–Kier alpha value is -2.13. The number of halogens is 1. The molecule has 1 heterocycles. The molecule has 1 atom stereocenters. The summed E-state index contributed by atoms with van der Waals surface area (Å²) in [7, 11) is 0. The molecule has 0 spiro atoms. The molecule has 2 aromatic rings. The summed E-state index contributed by atoms with van der Waals surface area (Å²) in [6, 6.07) is 9.44. The molecule has 0 aliphatic heterocycles. The van der Waals surface area contributed by atoms with Gasteiger partial charge in [-0.05, 0) is 54.0 Å². The molecule has 0 bridgehead atoms. The van der Waals surface area contributed by atoms with Crippen LogP contribution in [0, 0.1) is 17.2 Å². The van der Waals surface area contributed by atoms with Crippen molar-refractivity contribution in [2.75, 3.05) is 13.1 Å². The maximum absolute atomic E-state index is 12.5. The fraction of sp³-hybridized carbons (Fsp3) is 0.312. The van der Waals surface area contributed by atoms with Gasteiger partial charge in [0.15, 0.2) is 0 Å². The first kappa shape index (κ1) is 16.2. The Kier molecular flexibility index (Phi) is 5.34. The fourth-order valence-electron chi connectivity index (χ4n) is 2.11. The minimum Gasteiger partial charge on any atom is -0.338 e. The Morgan fingerprint density at radius 1 is 1.45 bits per heavy atom. The van der Waals surface area contributed by atoms with Gasteiger partial charge < -0.3 is 4.90 Å². The normalized spacial score (nSPS) is 11.7. The second kappa shape index (κ2) is 7.23. The predicted molar refractivity (Wildman–Crippen MR) is 87.6 cm³/mol. The summed E-state index contributed by atoms with van der Waals surface area (Å²) in [5, 5.41) is 13.1. The van der Waals surface area contributed by atoms with E-state index < -0.39 is 0 Å². The second-order valence-corrected chi connectivity index (χ2v) is 5.94. The lowest BCUT2D eigenvalue weighted by molar-refractivity contribution is 0.0752. The highest BCUT2D eigenvalue weighted by atomic mass is 79.9. The van der Waals surface area contributed by atoms with Gasteiger partial charge in [0.2, 0.25) is 0 Å². The molecule has 0 fully saturated rings. The van der Waals surface area contributed by atoms with E-state index in [1.54, 1.807) is 27.9 Å². The van der Waals surface area contributed by atoms with Crippen LogP contribution in [0.3, 0.4) is 0 Å². The highest BCUT2D eigenvalue weighted by Crippen LogP contribution is 2.14. The summed E-state index contributed by atoms with van der Waals surface area (Å²) in [4.78, 5) is 14.2. The Balaban J connectivity index is 2.15. The minimum absolute atomic E-state index is 0.0576. The van der Waals surface area contributed by atoms with Crippen molar-refractivity contribution in [3.8, 4) is 11.8 Å². The molecule has 5 nitrogen and oxygen atoms in total. The average Bonchev–Trinajstić information content (AvgIpc) is 2.98. The van der Waals surface area contributed by atoms with Crippen LogP contribution < -0.4 is 0 Å². The van der Waals surface area contributed by atoms with Gasteiger partial charge in [0.05, 0.1) is 28.3 Å². The molecule has 1 amide bonds. The van der Waals surface area contributed by atoms with E-state index >= 15 is 0 Å². The van der Waals surface area contributed by atoms with Crippen molar-refractivity contribution in [2.45, 2.75) is 13.8 Å². The lowest BCUT2D eigenvalue weighted by Gasteiger charge is -2.22. The summed E-state index contributed by atoms with van der Waals surface area (Å²) in [5.41, 5.74) is 1.50. The van der Waals surface area contributed by atoms with E-state index in [4.69, 9.17) is 5.26 Å². The fourth-order valence-corrected chi connectivity index (χ4v) is 2.39. The van der Waals surface area contributed by atoms with Gasteiger partial charge in [0.1, 0.15) is 0 Å². The van der Waals surface area contributed by atoms with E-state index in [1.165, 1.54) is 0 Å². The summed E-state index contributed by atoms with van der Waals surface area (Å²) < 4.78 is 2.63. The van der Waals surface area contributed by atoms with Crippen LogP contribution in [-0.2, 0) is 0 Å². The van der Waals surface area contributed by atoms with Crippen LogP contribution in [0.25, 0.3) is 5.69 Å². The first-order valence-corrected chi connectivity index (χ1v) is 7.84. The summed E-state index contributed by atoms with van der Waals surface area (Å²) >= 11 is 3.35. The number of amides is 1. The van der Waals surface area contributed by atoms with E-state index in [9.17, 15) is 4.79 Å². The quantitative estimate of drug-likeness (QED) is 0.821. The van der Waals surface area contributed by atoms with Gasteiger partial charge in [-0.1, -0.05) is 0 Å². The molecule has 0 N–H and O–H groups in total. The molecule has 0 radical (unpaired) electrons. The lowest BCUT2D eigenvalue weighted by atomic mass is 10.1. The predicted octanol–water partition coefficient (Wildman–Crippen LogP) is 3.26. The molecule has 2 rings (SSSR count). The van der Waals surface area contributed by atoms with Crippen molar-refractivity contribution >= 4 is 21.8 Å². The topological polar surface area (TPSA) is 61.9 Å². The second-order valence-electron chi connectivity index (χ2n) is 5.02. The lowest BCUT2D eigenvalue weighted by Crippen LogP contribution is -2.34. The maximum atomic E-state index is 12.5. The molecular formula is C16H17BrN4O. The van der Waals surface area contributed by atoms with Gasteiger partial charge in [0, 0.05) is 24.8 Å². The van der Waals surface area contributed by atoms with Gasteiger partial charge in [-0.3, -0.25) is 4.79 Å². The van der Waals surface area contributed by atoms with Crippen molar-refractivity contribution in [3.63, 3.8) is 0 Å². The number of hydrogen-bond acceptors (Lipinski definition) is 3. The number of aromatic nitrogens is 2. The van der Waals surface area contributed by atoms with E-state index in [1.807, 2.05) is 32.2 Å². The minimum atomic E-state index is -0.176. The Morgan fingerprint density at radius 2 is 2.14 bits per heavy atom. The number of nitrogens with zero attached hydrogens (tertiary/aromatic N) is 4. The SMILES string of the molecule is CCN(CC(C)C#N)C(=O)c1ccc(-n2cc(Br)cn2)cc1. The molecule has 22 heavy (non-hydrogen) atoms. The third kappa shape index (κ3) is 3.74. The number of rotatable bonds is 5. The first-order chi connectivity index (χ1) is 10.5. The smallest absolute Gasteiger partial charge is 0.253 e. The van der Waals surface area contributed by atoms with E-state index in [-0.39, 0.29) is 11.8 Å². The number of carbonyl (C=O) groups excluding carboxylic acids is 1. The van der Waals surface area contributed by atoms with E-state index in [0.717, 1.165) is 10.2 Å². The first-order valence-electron chi connectivity index (χ1n) is 7.04. The largest absolute Gasteiger partial charge is 0.338 e. The van der Waals surface area contributed by atoms with Gasteiger partial charge in [-0.15, -0.1) is 0 Å². The van der Waals surface area contributed by atoms with E-state index in [0.29, 0.717) is 18.7 Å². The van der Waals surface area contributed by atoms with E-state index in [2.05, 4.69) is 27.1 Å². The van der Waals surface area contributed by atoms with Crippen LogP contribution >= 0.6 is 15.9 Å². The van der Waals surface area contributed by atoms with Crippen molar-refractivity contribution in [3.05, 3.63) is 46.7 Å². The Morgan fingerprint density at radius 3 is 2.64 bits per heavy atom. The number of carbonyl (C=O) groups is 1. The van der Waals surface area contributed by atoms with Crippen LogP contribution in [0.15, 0.2) is 41.1 Å². The number of hydrogen-bond donors (Lipinski definition) is 0. The van der Waals surface area contributed by atoms with Crippen molar-refractivity contribution in [2.24, 2.45) is 5.92 Å². The molecule has 1 unspecified atom stereocenters. The third-order valence-corrected chi connectivity index (χ3v) is 3.72. The molecule has 0 saturated heterocycles. The molecule has 0 saturated carbocycles. The monoisotopic (exact) mass is 360 g/mol. The molecule has 1 aromatic carbocycles.